The number of fused-ring (bicyclic) bond motifs is 1. The summed E-state index contributed by atoms with van der Waals surface area (Å²) in [5.41, 5.74) is 4.84. The Kier molecular flexibility index (Phi) is 4.01. The molecule has 1 atom stereocenters. The molecule has 4 rings (SSSR count). The maximum Gasteiger partial charge on any atom is 0.251 e. The maximum absolute atomic E-state index is 11.8. The third kappa shape index (κ3) is 2.87. The Morgan fingerprint density at radius 1 is 1.15 bits per heavy atom. The van der Waals surface area contributed by atoms with Crippen molar-refractivity contribution in [2.45, 2.75) is 46.5 Å². The third-order valence-corrected chi connectivity index (χ3v) is 5.21. The van der Waals surface area contributed by atoms with E-state index in [-0.39, 0.29) is 11.5 Å². The van der Waals surface area contributed by atoms with Gasteiger partial charge in [-0.25, -0.2) is 9.97 Å². The molecule has 0 spiro atoms. The number of rotatable bonds is 2. The average Bonchev–Trinajstić information content (AvgIpc) is 2.88. The van der Waals surface area contributed by atoms with Gasteiger partial charge in [-0.1, -0.05) is 0 Å². The Labute approximate surface area is 152 Å². The van der Waals surface area contributed by atoms with Gasteiger partial charge in [0.1, 0.15) is 11.6 Å². The van der Waals surface area contributed by atoms with E-state index in [9.17, 15) is 4.79 Å². The number of aromatic amines is 1. The topological polar surface area (TPSA) is 79.2 Å². The van der Waals surface area contributed by atoms with Gasteiger partial charge < -0.3 is 9.88 Å². The fourth-order valence-corrected chi connectivity index (χ4v) is 3.79. The molecule has 0 aliphatic carbocycles. The molecule has 26 heavy (non-hydrogen) atoms. The second-order valence-electron chi connectivity index (χ2n) is 7.24. The highest BCUT2D eigenvalue weighted by molar-refractivity contribution is 5.57. The Morgan fingerprint density at radius 3 is 2.73 bits per heavy atom. The molecule has 0 radical (unpaired) electrons. The summed E-state index contributed by atoms with van der Waals surface area (Å²) < 4.78 is 1.95. The molecule has 0 unspecified atom stereocenters. The molecule has 136 valence electrons. The largest absolute Gasteiger partial charge is 0.356 e. The zero-order chi connectivity index (χ0) is 18.4. The number of aryl methyl sites for hydroxylation is 4. The summed E-state index contributed by atoms with van der Waals surface area (Å²) >= 11 is 0. The molecule has 3 aromatic rings. The SMILES string of the molecule is Cc1cc(N2CCC[C@@H](c3cc(=O)[nH]c(C)n3)C2)n2nc(C)c(C)c2n1. The number of hydrogen-bond acceptors (Lipinski definition) is 5. The summed E-state index contributed by atoms with van der Waals surface area (Å²) in [7, 11) is 0. The number of hydrogen-bond donors (Lipinski definition) is 1. The summed E-state index contributed by atoms with van der Waals surface area (Å²) in [5, 5.41) is 4.70. The molecule has 3 aromatic heterocycles. The van der Waals surface area contributed by atoms with Crippen LogP contribution in [0.15, 0.2) is 16.9 Å². The number of nitrogens with one attached hydrogen (secondary N) is 1. The first kappa shape index (κ1) is 16.8. The van der Waals surface area contributed by atoms with Gasteiger partial charge >= 0.3 is 0 Å². The van der Waals surface area contributed by atoms with Gasteiger partial charge in [-0.05, 0) is 40.5 Å². The maximum atomic E-state index is 11.8. The lowest BCUT2D eigenvalue weighted by Crippen LogP contribution is -2.36. The van der Waals surface area contributed by atoms with Gasteiger partial charge in [-0.2, -0.15) is 9.61 Å². The number of anilines is 1. The normalized spacial score (nSPS) is 17.8. The van der Waals surface area contributed by atoms with Crippen molar-refractivity contribution in [3.05, 3.63) is 51.0 Å². The Balaban J connectivity index is 1.73. The van der Waals surface area contributed by atoms with Gasteiger partial charge in [-0.3, -0.25) is 4.79 Å². The molecule has 0 bridgehead atoms. The van der Waals surface area contributed by atoms with E-state index in [1.54, 1.807) is 6.07 Å². The second kappa shape index (κ2) is 6.23. The number of H-pyrrole nitrogens is 1. The molecule has 1 aliphatic heterocycles. The Bertz CT molecular complexity index is 1030. The van der Waals surface area contributed by atoms with Crippen LogP contribution in [0.3, 0.4) is 0 Å². The number of aromatic nitrogens is 5. The minimum absolute atomic E-state index is 0.0786. The van der Waals surface area contributed by atoms with Gasteiger partial charge in [-0.15, -0.1) is 0 Å². The monoisotopic (exact) mass is 352 g/mol. The Hall–Kier alpha value is -2.70. The predicted octanol–water partition coefficient (Wildman–Crippen LogP) is 2.43. The van der Waals surface area contributed by atoms with Crippen molar-refractivity contribution in [3.63, 3.8) is 0 Å². The smallest absolute Gasteiger partial charge is 0.251 e. The van der Waals surface area contributed by atoms with Crippen molar-refractivity contribution in [1.29, 1.82) is 0 Å². The summed E-state index contributed by atoms with van der Waals surface area (Å²) in [4.78, 5) is 26.1. The van der Waals surface area contributed by atoms with Crippen LogP contribution >= 0.6 is 0 Å². The van der Waals surface area contributed by atoms with E-state index in [2.05, 4.69) is 32.8 Å². The van der Waals surface area contributed by atoms with Crippen LogP contribution in [0.25, 0.3) is 5.65 Å². The van der Waals surface area contributed by atoms with E-state index in [0.717, 1.165) is 60.0 Å². The summed E-state index contributed by atoms with van der Waals surface area (Å²) in [6.45, 7) is 9.73. The predicted molar refractivity (Wildman–Crippen MR) is 101 cm³/mol. The quantitative estimate of drug-likeness (QED) is 0.766. The van der Waals surface area contributed by atoms with Crippen molar-refractivity contribution in [2.24, 2.45) is 0 Å². The molecule has 1 aliphatic rings. The van der Waals surface area contributed by atoms with E-state index < -0.39 is 0 Å². The highest BCUT2D eigenvalue weighted by Gasteiger charge is 2.25. The van der Waals surface area contributed by atoms with Crippen molar-refractivity contribution >= 4 is 11.5 Å². The Morgan fingerprint density at radius 2 is 1.96 bits per heavy atom. The summed E-state index contributed by atoms with van der Waals surface area (Å²) in [6.07, 6.45) is 2.09. The fourth-order valence-electron chi connectivity index (χ4n) is 3.79. The highest BCUT2D eigenvalue weighted by Crippen LogP contribution is 2.30. The second-order valence-corrected chi connectivity index (χ2v) is 7.24. The molecule has 1 fully saturated rings. The number of nitrogens with zero attached hydrogens (tertiary/aromatic N) is 5. The van der Waals surface area contributed by atoms with E-state index in [1.807, 2.05) is 25.3 Å². The van der Waals surface area contributed by atoms with Gasteiger partial charge in [0.25, 0.3) is 5.56 Å². The van der Waals surface area contributed by atoms with Gasteiger partial charge in [0.05, 0.1) is 11.4 Å². The van der Waals surface area contributed by atoms with Crippen molar-refractivity contribution in [1.82, 2.24) is 24.6 Å². The first-order valence-electron chi connectivity index (χ1n) is 9.09. The fraction of sp³-hybridized carbons (Fsp3) is 0.474. The van der Waals surface area contributed by atoms with Crippen molar-refractivity contribution < 1.29 is 0 Å². The van der Waals surface area contributed by atoms with Crippen LogP contribution < -0.4 is 10.5 Å². The summed E-state index contributed by atoms with van der Waals surface area (Å²) in [6, 6.07) is 3.73. The minimum atomic E-state index is -0.0786. The highest BCUT2D eigenvalue weighted by atomic mass is 16.1. The van der Waals surface area contributed by atoms with Gasteiger partial charge in [0.2, 0.25) is 0 Å². The molecule has 1 saturated heterocycles. The minimum Gasteiger partial charge on any atom is -0.356 e. The van der Waals surface area contributed by atoms with Crippen LogP contribution in [0.5, 0.6) is 0 Å². The average molecular weight is 352 g/mol. The van der Waals surface area contributed by atoms with E-state index in [0.29, 0.717) is 5.82 Å². The van der Waals surface area contributed by atoms with Crippen molar-refractivity contribution in [2.75, 3.05) is 18.0 Å². The van der Waals surface area contributed by atoms with E-state index in [4.69, 9.17) is 5.10 Å². The van der Waals surface area contributed by atoms with Crippen LogP contribution in [0, 0.1) is 27.7 Å². The third-order valence-electron chi connectivity index (χ3n) is 5.21. The first-order valence-corrected chi connectivity index (χ1v) is 9.09. The molecule has 4 heterocycles. The lowest BCUT2D eigenvalue weighted by Gasteiger charge is -2.34. The standard InChI is InChI=1S/C19H24N6O/c1-11-8-18(25-19(20-11)12(2)13(3)23-25)24-7-5-6-15(10-24)16-9-17(26)22-14(4)21-16/h8-9,15H,5-7,10H2,1-4H3,(H,21,22,26)/t15-/m1/s1. The number of piperidine rings is 1. The zero-order valence-corrected chi connectivity index (χ0v) is 15.7. The molecular weight excluding hydrogens is 328 g/mol. The molecule has 0 aromatic carbocycles. The summed E-state index contributed by atoms with van der Waals surface area (Å²) in [5.74, 6) is 1.98. The lowest BCUT2D eigenvalue weighted by molar-refractivity contribution is 0.493. The van der Waals surface area contributed by atoms with Crippen LogP contribution in [0.1, 0.15) is 47.2 Å². The molecular formula is C19H24N6O. The zero-order valence-electron chi connectivity index (χ0n) is 15.7. The lowest BCUT2D eigenvalue weighted by atomic mass is 9.94. The van der Waals surface area contributed by atoms with Crippen LogP contribution in [-0.4, -0.2) is 37.7 Å². The molecule has 0 amide bonds. The van der Waals surface area contributed by atoms with Crippen LogP contribution in [-0.2, 0) is 0 Å². The van der Waals surface area contributed by atoms with Gasteiger partial charge in [0.15, 0.2) is 5.65 Å². The molecule has 7 heteroatoms. The van der Waals surface area contributed by atoms with Crippen molar-refractivity contribution in [3.8, 4) is 0 Å². The van der Waals surface area contributed by atoms with Crippen LogP contribution in [0.2, 0.25) is 0 Å². The molecule has 1 N–H and O–H groups in total. The molecule has 0 saturated carbocycles. The van der Waals surface area contributed by atoms with Gasteiger partial charge in [0, 0.05) is 42.4 Å². The van der Waals surface area contributed by atoms with E-state index in [1.165, 1.54) is 0 Å². The molecule has 7 nitrogen and oxygen atoms in total. The van der Waals surface area contributed by atoms with E-state index >= 15 is 0 Å². The first-order chi connectivity index (χ1) is 12.4. The van der Waals surface area contributed by atoms with Crippen LogP contribution in [0.4, 0.5) is 5.82 Å².